The maximum absolute atomic E-state index is 2.46. The molecule has 0 saturated heterocycles. The Morgan fingerprint density at radius 2 is 1.54 bits per heavy atom. The molecule has 1 atom stereocenters. The summed E-state index contributed by atoms with van der Waals surface area (Å²) in [6.07, 6.45) is 7.38. The summed E-state index contributed by atoms with van der Waals surface area (Å²) >= 11 is 0. The minimum absolute atomic E-state index is 0.884. The summed E-state index contributed by atoms with van der Waals surface area (Å²) in [5.41, 5.74) is 0. The van der Waals surface area contributed by atoms with Crippen LogP contribution in [0.4, 0.5) is 0 Å². The first-order chi connectivity index (χ1) is 6.09. The van der Waals surface area contributed by atoms with Crippen molar-refractivity contribution in [2.45, 2.75) is 59.8 Å². The second kappa shape index (κ2) is 5.02. The second-order valence-electron chi connectivity index (χ2n) is 5.63. The Labute approximate surface area is 84.1 Å². The molecule has 0 spiro atoms. The topological polar surface area (TPSA) is 0 Å². The smallest absolute Gasteiger partial charge is 0.0388 e. The third-order valence-corrected chi connectivity index (χ3v) is 3.71. The molecule has 13 heavy (non-hydrogen) atoms. The molecule has 0 aromatic heterocycles. The fourth-order valence-electron chi connectivity index (χ4n) is 2.79. The van der Waals surface area contributed by atoms with E-state index < -0.39 is 0 Å². The fraction of sp³-hybridized carbons (Fsp3) is 1.00. The SMILES string of the molecule is CC(C)CC(C)C1CCC(C)CC1. The van der Waals surface area contributed by atoms with E-state index >= 15 is 0 Å². The van der Waals surface area contributed by atoms with E-state index in [2.05, 4.69) is 27.7 Å². The predicted octanol–water partition coefficient (Wildman–Crippen LogP) is 4.49. The van der Waals surface area contributed by atoms with Gasteiger partial charge in [-0.3, -0.25) is 0 Å². The lowest BCUT2D eigenvalue weighted by Gasteiger charge is -2.31. The van der Waals surface area contributed by atoms with Gasteiger partial charge in [0.15, 0.2) is 0 Å². The van der Waals surface area contributed by atoms with Gasteiger partial charge in [0.1, 0.15) is 0 Å². The molecule has 78 valence electrons. The summed E-state index contributed by atoms with van der Waals surface area (Å²) in [6.45, 7) is 9.56. The first-order valence-electron chi connectivity index (χ1n) is 6.09. The van der Waals surface area contributed by atoms with Crippen LogP contribution in [-0.4, -0.2) is 0 Å². The van der Waals surface area contributed by atoms with Crippen molar-refractivity contribution < 1.29 is 0 Å². The van der Waals surface area contributed by atoms with Crippen LogP contribution in [0.3, 0.4) is 0 Å². The number of rotatable bonds is 3. The molecule has 0 aromatic rings. The highest BCUT2D eigenvalue weighted by Crippen LogP contribution is 2.35. The van der Waals surface area contributed by atoms with Gasteiger partial charge in [-0.1, -0.05) is 40.5 Å². The van der Waals surface area contributed by atoms with Crippen LogP contribution in [0.1, 0.15) is 59.8 Å². The van der Waals surface area contributed by atoms with Crippen LogP contribution in [0.25, 0.3) is 0 Å². The minimum Gasteiger partial charge on any atom is -0.0628 e. The van der Waals surface area contributed by atoms with Gasteiger partial charge >= 0.3 is 0 Å². The Kier molecular flexibility index (Phi) is 4.28. The third kappa shape index (κ3) is 3.70. The Hall–Kier alpha value is 0. The van der Waals surface area contributed by atoms with Gasteiger partial charge < -0.3 is 0 Å². The molecule has 0 nitrogen and oxygen atoms in total. The predicted molar refractivity (Wildman–Crippen MR) is 59.7 cm³/mol. The van der Waals surface area contributed by atoms with Gasteiger partial charge in [0.05, 0.1) is 0 Å². The molecule has 0 aliphatic heterocycles. The van der Waals surface area contributed by atoms with Crippen molar-refractivity contribution in [3.8, 4) is 0 Å². The Bertz CT molecular complexity index is 129. The fourth-order valence-corrected chi connectivity index (χ4v) is 2.79. The van der Waals surface area contributed by atoms with Gasteiger partial charge in [0.2, 0.25) is 0 Å². The zero-order valence-electron chi connectivity index (χ0n) is 9.84. The van der Waals surface area contributed by atoms with Crippen molar-refractivity contribution in [3.05, 3.63) is 0 Å². The summed E-state index contributed by atoms with van der Waals surface area (Å²) in [6, 6.07) is 0. The van der Waals surface area contributed by atoms with Crippen LogP contribution < -0.4 is 0 Å². The normalized spacial score (nSPS) is 32.1. The molecule has 0 N–H and O–H groups in total. The molecule has 1 unspecified atom stereocenters. The average molecular weight is 182 g/mol. The standard InChI is InChI=1S/C13H26/c1-10(2)9-12(4)13-7-5-11(3)6-8-13/h10-13H,5-9H2,1-4H3. The summed E-state index contributed by atoms with van der Waals surface area (Å²) < 4.78 is 0. The molecule has 0 radical (unpaired) electrons. The molecular formula is C13H26. The maximum Gasteiger partial charge on any atom is -0.0388 e. The van der Waals surface area contributed by atoms with Gasteiger partial charge in [0, 0.05) is 0 Å². The van der Waals surface area contributed by atoms with Crippen LogP contribution in [0.15, 0.2) is 0 Å². The van der Waals surface area contributed by atoms with Crippen molar-refractivity contribution in [3.63, 3.8) is 0 Å². The first kappa shape index (κ1) is 11.1. The van der Waals surface area contributed by atoms with E-state index in [0.717, 1.165) is 23.7 Å². The third-order valence-electron chi connectivity index (χ3n) is 3.71. The molecule has 0 heterocycles. The van der Waals surface area contributed by atoms with Crippen molar-refractivity contribution >= 4 is 0 Å². The van der Waals surface area contributed by atoms with Gasteiger partial charge in [-0.25, -0.2) is 0 Å². The van der Waals surface area contributed by atoms with Crippen LogP contribution in [0.2, 0.25) is 0 Å². The molecule has 1 fully saturated rings. The number of hydrogen-bond donors (Lipinski definition) is 0. The van der Waals surface area contributed by atoms with E-state index in [1.807, 2.05) is 0 Å². The Morgan fingerprint density at radius 1 is 1.00 bits per heavy atom. The molecule has 0 bridgehead atoms. The minimum atomic E-state index is 0.884. The number of hydrogen-bond acceptors (Lipinski definition) is 0. The van der Waals surface area contributed by atoms with E-state index in [1.54, 1.807) is 0 Å². The lowest BCUT2D eigenvalue weighted by molar-refractivity contribution is 0.203. The highest BCUT2D eigenvalue weighted by molar-refractivity contribution is 4.74. The van der Waals surface area contributed by atoms with E-state index in [0.29, 0.717) is 0 Å². The molecule has 1 aliphatic carbocycles. The highest BCUT2D eigenvalue weighted by Gasteiger charge is 2.23. The van der Waals surface area contributed by atoms with Crippen LogP contribution >= 0.6 is 0 Å². The van der Waals surface area contributed by atoms with Gasteiger partial charge in [-0.05, 0) is 42.9 Å². The first-order valence-corrected chi connectivity index (χ1v) is 6.09. The lowest BCUT2D eigenvalue weighted by Crippen LogP contribution is -2.20. The van der Waals surface area contributed by atoms with E-state index in [9.17, 15) is 0 Å². The van der Waals surface area contributed by atoms with Gasteiger partial charge in [-0.2, -0.15) is 0 Å². The highest BCUT2D eigenvalue weighted by atomic mass is 14.3. The molecule has 0 heteroatoms. The van der Waals surface area contributed by atoms with E-state index in [4.69, 9.17) is 0 Å². The summed E-state index contributed by atoms with van der Waals surface area (Å²) in [7, 11) is 0. The summed E-state index contributed by atoms with van der Waals surface area (Å²) in [5.74, 6) is 3.89. The summed E-state index contributed by atoms with van der Waals surface area (Å²) in [5, 5.41) is 0. The molecule has 1 aliphatic rings. The Balaban J connectivity index is 2.27. The molecule has 1 saturated carbocycles. The van der Waals surface area contributed by atoms with Crippen molar-refractivity contribution in [2.75, 3.05) is 0 Å². The van der Waals surface area contributed by atoms with Crippen LogP contribution in [0.5, 0.6) is 0 Å². The Morgan fingerprint density at radius 3 is 2.00 bits per heavy atom. The quantitative estimate of drug-likeness (QED) is 0.603. The van der Waals surface area contributed by atoms with Crippen LogP contribution in [0, 0.1) is 23.7 Å². The average Bonchev–Trinajstić information content (AvgIpc) is 2.04. The van der Waals surface area contributed by atoms with Crippen LogP contribution in [-0.2, 0) is 0 Å². The molecule has 1 rings (SSSR count). The maximum atomic E-state index is 2.46. The molecular weight excluding hydrogens is 156 g/mol. The van der Waals surface area contributed by atoms with E-state index in [1.165, 1.54) is 32.1 Å². The van der Waals surface area contributed by atoms with Crippen molar-refractivity contribution in [1.29, 1.82) is 0 Å². The monoisotopic (exact) mass is 182 g/mol. The molecule has 0 amide bonds. The second-order valence-corrected chi connectivity index (χ2v) is 5.63. The lowest BCUT2D eigenvalue weighted by atomic mass is 9.75. The van der Waals surface area contributed by atoms with Gasteiger partial charge in [0.25, 0.3) is 0 Å². The zero-order valence-corrected chi connectivity index (χ0v) is 9.84. The molecule has 0 aromatic carbocycles. The van der Waals surface area contributed by atoms with E-state index in [-0.39, 0.29) is 0 Å². The largest absolute Gasteiger partial charge is 0.0628 e. The zero-order chi connectivity index (χ0) is 9.84. The van der Waals surface area contributed by atoms with Gasteiger partial charge in [-0.15, -0.1) is 0 Å². The summed E-state index contributed by atoms with van der Waals surface area (Å²) in [4.78, 5) is 0. The van der Waals surface area contributed by atoms with Crippen molar-refractivity contribution in [1.82, 2.24) is 0 Å². The van der Waals surface area contributed by atoms with Crippen molar-refractivity contribution in [2.24, 2.45) is 23.7 Å².